The Kier molecular flexibility index (Phi) is 2.59. The zero-order chi connectivity index (χ0) is 12.9. The van der Waals surface area contributed by atoms with Gasteiger partial charge in [-0.1, -0.05) is 29.8 Å². The zero-order valence-corrected chi connectivity index (χ0v) is 10.7. The molecule has 94 valence electrons. The maximum absolute atomic E-state index is 11.3. The number of carbonyl (C=O) groups excluding carboxylic acids is 1. The van der Waals surface area contributed by atoms with E-state index in [9.17, 15) is 9.90 Å². The van der Waals surface area contributed by atoms with E-state index in [4.69, 9.17) is 11.6 Å². The average molecular weight is 263 g/mol. The summed E-state index contributed by atoms with van der Waals surface area (Å²) in [5.74, 6) is -0.845. The van der Waals surface area contributed by atoms with E-state index in [1.807, 2.05) is 25.1 Å². The van der Waals surface area contributed by atoms with Crippen LogP contribution in [-0.2, 0) is 4.79 Å². The summed E-state index contributed by atoms with van der Waals surface area (Å²) >= 11 is 6.09. The summed E-state index contributed by atoms with van der Waals surface area (Å²) < 4.78 is 0. The number of fused-ring (bicyclic) bond motifs is 3. The van der Waals surface area contributed by atoms with Crippen molar-refractivity contribution in [1.82, 2.24) is 0 Å². The monoisotopic (exact) mass is 262 g/mol. The van der Waals surface area contributed by atoms with Gasteiger partial charge in [0.05, 0.1) is 12.0 Å². The van der Waals surface area contributed by atoms with E-state index in [0.29, 0.717) is 5.02 Å². The Hall–Kier alpha value is -1.48. The Labute approximate surface area is 110 Å². The van der Waals surface area contributed by atoms with Crippen LogP contribution in [0.4, 0.5) is 5.69 Å². The summed E-state index contributed by atoms with van der Waals surface area (Å²) in [5, 5.41) is 15.0. The lowest BCUT2D eigenvalue weighted by Gasteiger charge is -2.38. The molecule has 0 saturated heterocycles. The third-order valence-electron chi connectivity index (χ3n) is 3.99. The molecule has 3 rings (SSSR count). The molecule has 0 unspecified atom stereocenters. The van der Waals surface area contributed by atoms with Crippen LogP contribution in [0.25, 0.3) is 0 Å². The Morgan fingerprint density at radius 3 is 3.00 bits per heavy atom. The highest BCUT2D eigenvalue weighted by Gasteiger charge is 2.38. The lowest BCUT2D eigenvalue weighted by Crippen LogP contribution is -2.49. The van der Waals surface area contributed by atoms with Gasteiger partial charge in [0.25, 0.3) is 0 Å². The van der Waals surface area contributed by atoms with E-state index in [1.165, 1.54) is 0 Å². The van der Waals surface area contributed by atoms with Crippen LogP contribution in [0.3, 0.4) is 0 Å². The van der Waals surface area contributed by atoms with Gasteiger partial charge >= 0.3 is 0 Å². The SMILES string of the molecule is Cc1c(Cl)ccc2c1N[C@@H](C(=O)[O-])[C@@H]1CC=C[C@H]21. The number of hydrogen-bond donors (Lipinski definition) is 1. The molecule has 0 aromatic heterocycles. The van der Waals surface area contributed by atoms with Crippen molar-refractivity contribution in [3.05, 3.63) is 40.4 Å². The Balaban J connectivity index is 2.14. The van der Waals surface area contributed by atoms with Crippen molar-refractivity contribution < 1.29 is 9.90 Å². The van der Waals surface area contributed by atoms with Crippen LogP contribution >= 0.6 is 11.6 Å². The number of carboxylic acid groups (broad SMARTS) is 1. The highest BCUT2D eigenvalue weighted by molar-refractivity contribution is 6.31. The quantitative estimate of drug-likeness (QED) is 0.786. The topological polar surface area (TPSA) is 52.2 Å². The molecule has 0 amide bonds. The Bertz CT molecular complexity index is 553. The molecule has 0 fully saturated rings. The summed E-state index contributed by atoms with van der Waals surface area (Å²) in [5.41, 5.74) is 2.89. The molecular weight excluding hydrogens is 250 g/mol. The van der Waals surface area contributed by atoms with Gasteiger partial charge in [0.2, 0.25) is 0 Å². The minimum Gasteiger partial charge on any atom is -0.548 e. The number of allylic oxidation sites excluding steroid dienone is 2. The molecule has 0 bridgehead atoms. The fraction of sp³-hybridized carbons (Fsp3) is 0.357. The van der Waals surface area contributed by atoms with Gasteiger partial charge in [0.1, 0.15) is 0 Å². The normalized spacial score (nSPS) is 28.4. The molecule has 1 heterocycles. The summed E-state index contributed by atoms with van der Waals surface area (Å²) in [7, 11) is 0. The van der Waals surface area contributed by atoms with E-state index in [1.54, 1.807) is 0 Å². The third-order valence-corrected chi connectivity index (χ3v) is 4.39. The number of carbonyl (C=O) groups is 1. The number of anilines is 1. The number of rotatable bonds is 1. The second-order valence-corrected chi connectivity index (χ2v) is 5.34. The first kappa shape index (κ1) is 11.6. The van der Waals surface area contributed by atoms with Crippen molar-refractivity contribution in [2.45, 2.75) is 25.3 Å². The number of benzene rings is 1. The van der Waals surface area contributed by atoms with E-state index in [0.717, 1.165) is 23.2 Å². The predicted octanol–water partition coefficient (Wildman–Crippen LogP) is 1.85. The molecule has 0 saturated carbocycles. The van der Waals surface area contributed by atoms with E-state index in [2.05, 4.69) is 11.4 Å². The molecule has 0 spiro atoms. The van der Waals surface area contributed by atoms with Crippen LogP contribution < -0.4 is 10.4 Å². The highest BCUT2D eigenvalue weighted by Crippen LogP contribution is 2.46. The molecule has 18 heavy (non-hydrogen) atoms. The number of aliphatic carboxylic acids is 1. The molecule has 0 radical (unpaired) electrons. The van der Waals surface area contributed by atoms with Gasteiger partial charge in [0, 0.05) is 16.6 Å². The second-order valence-electron chi connectivity index (χ2n) is 4.93. The van der Waals surface area contributed by atoms with Crippen molar-refractivity contribution in [1.29, 1.82) is 0 Å². The Morgan fingerprint density at radius 2 is 2.28 bits per heavy atom. The molecule has 1 aromatic rings. The van der Waals surface area contributed by atoms with Crippen molar-refractivity contribution in [2.24, 2.45) is 5.92 Å². The van der Waals surface area contributed by atoms with E-state index < -0.39 is 12.0 Å². The van der Waals surface area contributed by atoms with Gasteiger partial charge in [-0.25, -0.2) is 0 Å². The Morgan fingerprint density at radius 1 is 1.50 bits per heavy atom. The maximum Gasteiger partial charge on any atom is 0.0698 e. The van der Waals surface area contributed by atoms with Gasteiger partial charge in [-0.05, 0) is 36.5 Å². The predicted molar refractivity (Wildman–Crippen MR) is 68.6 cm³/mol. The fourth-order valence-corrected chi connectivity index (χ4v) is 3.18. The summed E-state index contributed by atoms with van der Waals surface area (Å²) in [6.45, 7) is 1.90. The van der Waals surface area contributed by atoms with Gasteiger partial charge < -0.3 is 15.2 Å². The molecule has 1 aliphatic heterocycles. The molecule has 3 nitrogen and oxygen atoms in total. The van der Waals surface area contributed by atoms with Crippen LogP contribution in [-0.4, -0.2) is 12.0 Å². The highest BCUT2D eigenvalue weighted by atomic mass is 35.5. The zero-order valence-electron chi connectivity index (χ0n) is 9.94. The van der Waals surface area contributed by atoms with E-state index in [-0.39, 0.29) is 11.8 Å². The van der Waals surface area contributed by atoms with Gasteiger partial charge in [-0.2, -0.15) is 0 Å². The van der Waals surface area contributed by atoms with Crippen LogP contribution in [0.5, 0.6) is 0 Å². The molecule has 2 aliphatic rings. The number of halogens is 1. The molecule has 1 aromatic carbocycles. The number of nitrogens with one attached hydrogen (secondary N) is 1. The number of carboxylic acids is 1. The van der Waals surface area contributed by atoms with Crippen molar-refractivity contribution >= 4 is 23.3 Å². The van der Waals surface area contributed by atoms with Crippen LogP contribution in [0.15, 0.2) is 24.3 Å². The average Bonchev–Trinajstić information content (AvgIpc) is 2.81. The van der Waals surface area contributed by atoms with E-state index >= 15 is 0 Å². The first-order chi connectivity index (χ1) is 8.59. The maximum atomic E-state index is 11.3. The lowest BCUT2D eigenvalue weighted by molar-refractivity contribution is -0.308. The summed E-state index contributed by atoms with van der Waals surface area (Å²) in [6.07, 6.45) is 4.91. The third kappa shape index (κ3) is 1.54. The standard InChI is InChI=1S/C14H14ClNO2/c1-7-11(15)6-5-10-8-3-2-4-9(8)13(14(17)18)16-12(7)10/h2-3,5-6,8-9,13,16H,4H2,1H3,(H,17,18)/p-1/t8-,9+,13+/m0/s1. The molecule has 3 atom stereocenters. The molecule has 1 aliphatic carbocycles. The van der Waals surface area contributed by atoms with Crippen molar-refractivity contribution in [3.8, 4) is 0 Å². The van der Waals surface area contributed by atoms with Gasteiger partial charge in [-0.15, -0.1) is 0 Å². The lowest BCUT2D eigenvalue weighted by atomic mass is 9.78. The van der Waals surface area contributed by atoms with Crippen molar-refractivity contribution in [2.75, 3.05) is 5.32 Å². The minimum atomic E-state index is -1.04. The number of hydrogen-bond acceptors (Lipinski definition) is 3. The minimum absolute atomic E-state index is 0.0445. The van der Waals surface area contributed by atoms with Crippen LogP contribution in [0.1, 0.15) is 23.5 Å². The van der Waals surface area contributed by atoms with Crippen LogP contribution in [0.2, 0.25) is 5.02 Å². The molecule has 1 N–H and O–H groups in total. The first-order valence-corrected chi connectivity index (χ1v) is 6.40. The molecule has 4 heteroatoms. The van der Waals surface area contributed by atoms with Crippen LogP contribution in [0, 0.1) is 12.8 Å². The van der Waals surface area contributed by atoms with Crippen molar-refractivity contribution in [3.63, 3.8) is 0 Å². The first-order valence-electron chi connectivity index (χ1n) is 6.02. The molecular formula is C14H13ClNO2-. The summed E-state index contributed by atoms with van der Waals surface area (Å²) in [6, 6.07) is 3.21. The van der Waals surface area contributed by atoms with Gasteiger partial charge in [0.15, 0.2) is 0 Å². The van der Waals surface area contributed by atoms with Gasteiger partial charge in [-0.3, -0.25) is 0 Å². The second kappa shape index (κ2) is 4.02. The summed E-state index contributed by atoms with van der Waals surface area (Å²) in [4.78, 5) is 11.3. The largest absolute Gasteiger partial charge is 0.548 e. The fourth-order valence-electron chi connectivity index (χ4n) is 3.02. The smallest absolute Gasteiger partial charge is 0.0698 e.